The van der Waals surface area contributed by atoms with E-state index in [9.17, 15) is 0 Å². The summed E-state index contributed by atoms with van der Waals surface area (Å²) in [5.41, 5.74) is 0. The molecule has 0 aliphatic rings. The topological polar surface area (TPSA) is 40.5 Å². The summed E-state index contributed by atoms with van der Waals surface area (Å²) in [5.74, 6) is 0. The molecule has 0 amide bonds. The van der Waals surface area contributed by atoms with Crippen LogP contribution in [0.15, 0.2) is 60.7 Å². The normalized spacial score (nSPS) is 5.28. The van der Waals surface area contributed by atoms with Gasteiger partial charge in [0.05, 0.1) is 0 Å². The van der Waals surface area contributed by atoms with Gasteiger partial charge in [-0.25, -0.2) is 0 Å². The van der Waals surface area contributed by atoms with Crippen molar-refractivity contribution in [3.05, 3.63) is 72.8 Å². The fourth-order valence-corrected chi connectivity index (χ4v) is 0.684. The quantitative estimate of drug-likeness (QED) is 0.485. The predicted molar refractivity (Wildman–Crippen MR) is 112 cm³/mol. The number of aliphatic hydroxyl groups excluding tert-OH is 2. The molecule has 0 aliphatic heterocycles. The Morgan fingerprint density at radius 2 is 0.560 bits per heavy atom. The van der Waals surface area contributed by atoms with E-state index in [2.05, 4.69) is 12.1 Å². The van der Waals surface area contributed by atoms with Gasteiger partial charge in [-0.3, -0.25) is 0 Å². The number of aliphatic hydroxyl groups is 2. The summed E-state index contributed by atoms with van der Waals surface area (Å²) in [5, 5.41) is 14.0. The van der Waals surface area contributed by atoms with Crippen molar-refractivity contribution >= 4 is 0 Å². The third-order valence-corrected chi connectivity index (χ3v) is 1.21. The molecule has 0 atom stereocenters. The average Bonchev–Trinajstić information content (AvgIpc) is 2.79. The van der Waals surface area contributed by atoms with Crippen LogP contribution in [0.4, 0.5) is 0 Å². The zero-order valence-corrected chi connectivity index (χ0v) is 21.1. The van der Waals surface area contributed by atoms with Crippen LogP contribution in [-0.4, -0.2) is 24.4 Å². The second kappa shape index (κ2) is 90.1. The van der Waals surface area contributed by atoms with Crippen LogP contribution in [-0.2, 0) is 32.7 Å². The molecule has 0 saturated carbocycles. The summed E-state index contributed by atoms with van der Waals surface area (Å²) < 4.78 is 0. The van der Waals surface area contributed by atoms with Gasteiger partial charge in [0.2, 0.25) is 0 Å². The van der Waals surface area contributed by atoms with Crippen LogP contribution in [0, 0.1) is 12.1 Å². The van der Waals surface area contributed by atoms with Crippen molar-refractivity contribution in [2.75, 3.05) is 14.2 Å². The van der Waals surface area contributed by atoms with Crippen LogP contribution in [0.1, 0.15) is 55.4 Å². The fraction of sp³-hybridized carbons (Fsp3) is 0.455. The number of rotatable bonds is 0. The standard InChI is InChI=1S/2C6H5.4C2H6.2CH4O.Y/c2*1-2-4-6-5-3-1;6*1-2;/h2*1-5H;4*1-2H3;2*2H,1H3;/q2*-1;;;;;;;. The first-order chi connectivity index (χ1) is 12.0. The van der Waals surface area contributed by atoms with E-state index >= 15 is 0 Å². The van der Waals surface area contributed by atoms with E-state index in [1.165, 1.54) is 0 Å². The van der Waals surface area contributed by atoms with E-state index in [0.717, 1.165) is 14.2 Å². The van der Waals surface area contributed by atoms with Gasteiger partial charge < -0.3 is 10.2 Å². The van der Waals surface area contributed by atoms with Crippen LogP contribution in [0.25, 0.3) is 0 Å². The Morgan fingerprint density at radius 3 is 0.600 bits per heavy atom. The third kappa shape index (κ3) is 82.3. The Kier molecular flexibility index (Phi) is 159. The molecule has 25 heavy (non-hydrogen) atoms. The molecule has 3 heteroatoms. The molecule has 2 nitrogen and oxygen atoms in total. The van der Waals surface area contributed by atoms with Gasteiger partial charge in [0, 0.05) is 46.9 Å². The Bertz CT molecular complexity index is 191. The average molecular weight is 427 g/mol. The molecule has 1 radical (unpaired) electrons. The van der Waals surface area contributed by atoms with E-state index in [0.29, 0.717) is 0 Å². The molecule has 2 rings (SSSR count). The summed E-state index contributed by atoms with van der Waals surface area (Å²) in [4.78, 5) is 0. The zero-order chi connectivity index (χ0) is 20.5. The summed E-state index contributed by atoms with van der Waals surface area (Å²) in [6.07, 6.45) is 0. The van der Waals surface area contributed by atoms with E-state index < -0.39 is 0 Å². The van der Waals surface area contributed by atoms with Gasteiger partial charge in [-0.2, -0.15) is 72.8 Å². The molecule has 0 fully saturated rings. The first-order valence-corrected chi connectivity index (χ1v) is 8.72. The van der Waals surface area contributed by atoms with Crippen molar-refractivity contribution in [1.29, 1.82) is 0 Å². The third-order valence-electron chi connectivity index (χ3n) is 1.21. The van der Waals surface area contributed by atoms with Gasteiger partial charge in [-0.15, -0.1) is 0 Å². The SMILES string of the molecule is CC.CC.CC.CC.CO.CO.[Y].[c-]1ccccc1.[c-]1ccccc1. The van der Waals surface area contributed by atoms with Crippen LogP contribution in [0.3, 0.4) is 0 Å². The van der Waals surface area contributed by atoms with Gasteiger partial charge in [-0.05, 0) is 0 Å². The van der Waals surface area contributed by atoms with Crippen molar-refractivity contribution in [3.63, 3.8) is 0 Å². The Hall–Kier alpha value is -0.536. The second-order valence-electron chi connectivity index (χ2n) is 2.15. The van der Waals surface area contributed by atoms with Crippen LogP contribution < -0.4 is 0 Å². The van der Waals surface area contributed by atoms with Gasteiger partial charge in [-0.1, -0.05) is 55.4 Å². The molecular formula is C22H42O2Y-2. The van der Waals surface area contributed by atoms with E-state index in [-0.39, 0.29) is 32.7 Å². The monoisotopic (exact) mass is 427 g/mol. The van der Waals surface area contributed by atoms with Crippen LogP contribution in [0.5, 0.6) is 0 Å². The van der Waals surface area contributed by atoms with E-state index in [1.54, 1.807) is 0 Å². The minimum atomic E-state index is 0. The summed E-state index contributed by atoms with van der Waals surface area (Å²) >= 11 is 0. The maximum Gasteiger partial charge on any atom is 0.0319 e. The molecule has 0 bridgehead atoms. The largest absolute Gasteiger partial charge is 0.400 e. The molecule has 0 saturated heterocycles. The number of hydrogen-bond acceptors (Lipinski definition) is 2. The van der Waals surface area contributed by atoms with Gasteiger partial charge in [0.25, 0.3) is 0 Å². The van der Waals surface area contributed by atoms with Crippen LogP contribution >= 0.6 is 0 Å². The Balaban J connectivity index is -0.0000000321. The maximum absolute atomic E-state index is 7.00. The van der Waals surface area contributed by atoms with Gasteiger partial charge in [0.1, 0.15) is 0 Å². The molecule has 0 spiro atoms. The molecule has 2 aromatic carbocycles. The molecule has 0 aromatic heterocycles. The van der Waals surface area contributed by atoms with Gasteiger partial charge in [0.15, 0.2) is 0 Å². The van der Waals surface area contributed by atoms with Crippen molar-refractivity contribution in [2.45, 2.75) is 55.4 Å². The van der Waals surface area contributed by atoms with Crippen molar-refractivity contribution < 1.29 is 42.9 Å². The maximum atomic E-state index is 7.00. The smallest absolute Gasteiger partial charge is 0.0319 e. The van der Waals surface area contributed by atoms with Crippen molar-refractivity contribution in [2.24, 2.45) is 0 Å². The minimum absolute atomic E-state index is 0. The van der Waals surface area contributed by atoms with Crippen LogP contribution in [0.2, 0.25) is 0 Å². The van der Waals surface area contributed by atoms with E-state index in [4.69, 9.17) is 10.2 Å². The van der Waals surface area contributed by atoms with Gasteiger partial charge >= 0.3 is 0 Å². The number of benzene rings is 2. The molecule has 0 heterocycles. The molecule has 0 unspecified atom stereocenters. The second-order valence-corrected chi connectivity index (χ2v) is 2.15. The zero-order valence-electron chi connectivity index (χ0n) is 18.2. The summed E-state index contributed by atoms with van der Waals surface area (Å²) in [6.45, 7) is 16.0. The fourth-order valence-electron chi connectivity index (χ4n) is 0.684. The first-order valence-electron chi connectivity index (χ1n) is 8.72. The minimum Gasteiger partial charge on any atom is -0.400 e. The predicted octanol–water partition coefficient (Wildman–Crippen LogP) is 6.29. The molecule has 0 aliphatic carbocycles. The summed E-state index contributed by atoms with van der Waals surface area (Å²) in [6, 6.07) is 25.0. The molecular weight excluding hydrogens is 385 g/mol. The summed E-state index contributed by atoms with van der Waals surface area (Å²) in [7, 11) is 2.00. The number of hydrogen-bond donors (Lipinski definition) is 2. The van der Waals surface area contributed by atoms with Crippen molar-refractivity contribution in [1.82, 2.24) is 0 Å². The van der Waals surface area contributed by atoms with Crippen molar-refractivity contribution in [3.8, 4) is 0 Å². The molecule has 2 N–H and O–H groups in total. The Labute approximate surface area is 184 Å². The van der Waals surface area contributed by atoms with E-state index in [1.807, 2.05) is 116 Å². The first kappa shape index (κ1) is 44.2. The Morgan fingerprint density at radius 1 is 0.400 bits per heavy atom. The molecule has 147 valence electrons. The molecule has 2 aromatic rings.